The Balaban J connectivity index is 1.82. The van der Waals surface area contributed by atoms with Crippen LogP contribution in [-0.2, 0) is 12.8 Å². The van der Waals surface area contributed by atoms with Gasteiger partial charge in [0.05, 0.1) is 0 Å². The van der Waals surface area contributed by atoms with Crippen LogP contribution in [0.25, 0.3) is 0 Å². The highest BCUT2D eigenvalue weighted by atomic mass is 16.3. The van der Waals surface area contributed by atoms with E-state index in [9.17, 15) is 5.11 Å². The van der Waals surface area contributed by atoms with Gasteiger partial charge in [-0.05, 0) is 54.0 Å². The number of phenolic OH excluding ortho intramolecular Hbond substituents is 1. The van der Waals surface area contributed by atoms with Crippen LogP contribution in [0.4, 0.5) is 0 Å². The average molecular weight is 310 g/mol. The van der Waals surface area contributed by atoms with Gasteiger partial charge in [-0.15, -0.1) is 0 Å². The van der Waals surface area contributed by atoms with Gasteiger partial charge < -0.3 is 5.11 Å². The zero-order valence-corrected chi connectivity index (χ0v) is 14.6. The molecule has 0 aliphatic carbocycles. The second kappa shape index (κ2) is 9.39. The van der Waals surface area contributed by atoms with Crippen LogP contribution in [0.3, 0.4) is 0 Å². The molecule has 0 spiro atoms. The van der Waals surface area contributed by atoms with Crippen LogP contribution in [0.5, 0.6) is 5.75 Å². The fourth-order valence-corrected chi connectivity index (χ4v) is 3.05. The van der Waals surface area contributed by atoms with Gasteiger partial charge in [0.15, 0.2) is 0 Å². The van der Waals surface area contributed by atoms with E-state index in [0.29, 0.717) is 11.7 Å². The fourth-order valence-electron chi connectivity index (χ4n) is 3.05. The summed E-state index contributed by atoms with van der Waals surface area (Å²) in [6, 6.07) is 16.7. The van der Waals surface area contributed by atoms with Crippen molar-refractivity contribution in [3.63, 3.8) is 0 Å². The Bertz CT molecular complexity index is 554. The summed E-state index contributed by atoms with van der Waals surface area (Å²) >= 11 is 0. The van der Waals surface area contributed by atoms with Gasteiger partial charge in [0.1, 0.15) is 5.75 Å². The third-order valence-corrected chi connectivity index (χ3v) is 4.60. The fraction of sp³-hybridized carbons (Fsp3) is 0.455. The molecule has 2 aromatic carbocycles. The standard InChI is InChI=1S/C22H30O/c1-3-4-5-6-7-8-19-9-13-21(14-10-19)18(2)17-20-11-15-22(23)16-12-20/h9-16,18,23H,3-8,17H2,1-2H3. The minimum atomic E-state index is 0.338. The second-order valence-corrected chi connectivity index (χ2v) is 6.68. The molecule has 1 nitrogen and oxygen atoms in total. The number of hydrogen-bond acceptors (Lipinski definition) is 1. The lowest BCUT2D eigenvalue weighted by Crippen LogP contribution is -1.98. The Morgan fingerprint density at radius 1 is 0.783 bits per heavy atom. The molecule has 23 heavy (non-hydrogen) atoms. The largest absolute Gasteiger partial charge is 0.508 e. The normalized spacial score (nSPS) is 12.3. The highest BCUT2D eigenvalue weighted by Gasteiger charge is 2.07. The summed E-state index contributed by atoms with van der Waals surface area (Å²) in [4.78, 5) is 0. The summed E-state index contributed by atoms with van der Waals surface area (Å²) in [5.41, 5.74) is 4.13. The van der Waals surface area contributed by atoms with Crippen LogP contribution in [0, 0.1) is 0 Å². The van der Waals surface area contributed by atoms with Gasteiger partial charge in [0, 0.05) is 0 Å². The summed E-state index contributed by atoms with van der Waals surface area (Å²) in [5.74, 6) is 0.836. The molecule has 0 aromatic heterocycles. The van der Waals surface area contributed by atoms with Crippen molar-refractivity contribution in [1.29, 1.82) is 0 Å². The Morgan fingerprint density at radius 2 is 1.39 bits per heavy atom. The first-order chi connectivity index (χ1) is 11.2. The van der Waals surface area contributed by atoms with Crippen molar-refractivity contribution in [1.82, 2.24) is 0 Å². The maximum Gasteiger partial charge on any atom is 0.115 e. The van der Waals surface area contributed by atoms with Crippen molar-refractivity contribution in [2.24, 2.45) is 0 Å². The quantitative estimate of drug-likeness (QED) is 0.543. The molecular weight excluding hydrogens is 280 g/mol. The van der Waals surface area contributed by atoms with Crippen molar-refractivity contribution in [3.05, 3.63) is 65.2 Å². The molecule has 124 valence electrons. The average Bonchev–Trinajstić information content (AvgIpc) is 2.57. The van der Waals surface area contributed by atoms with Crippen LogP contribution in [0.15, 0.2) is 48.5 Å². The van der Waals surface area contributed by atoms with E-state index in [1.807, 2.05) is 12.1 Å². The molecule has 0 fully saturated rings. The van der Waals surface area contributed by atoms with Crippen LogP contribution >= 0.6 is 0 Å². The number of hydrogen-bond donors (Lipinski definition) is 1. The third kappa shape index (κ3) is 6.09. The first-order valence-corrected chi connectivity index (χ1v) is 9.05. The number of unbranched alkanes of at least 4 members (excludes halogenated alkanes) is 4. The van der Waals surface area contributed by atoms with E-state index >= 15 is 0 Å². The smallest absolute Gasteiger partial charge is 0.115 e. The molecule has 0 heterocycles. The van der Waals surface area contributed by atoms with Crippen LogP contribution in [0.2, 0.25) is 0 Å². The van der Waals surface area contributed by atoms with Crippen molar-refractivity contribution < 1.29 is 5.11 Å². The lowest BCUT2D eigenvalue weighted by Gasteiger charge is -2.13. The van der Waals surface area contributed by atoms with E-state index in [-0.39, 0.29) is 0 Å². The van der Waals surface area contributed by atoms with E-state index in [0.717, 1.165) is 6.42 Å². The van der Waals surface area contributed by atoms with Gasteiger partial charge >= 0.3 is 0 Å². The molecule has 0 saturated carbocycles. The van der Waals surface area contributed by atoms with Crippen molar-refractivity contribution in [2.75, 3.05) is 0 Å². The number of rotatable bonds is 9. The topological polar surface area (TPSA) is 20.2 Å². The number of aromatic hydroxyl groups is 1. The van der Waals surface area contributed by atoms with Crippen LogP contribution in [0.1, 0.15) is 68.6 Å². The molecule has 0 aliphatic rings. The van der Waals surface area contributed by atoms with Crippen molar-refractivity contribution >= 4 is 0 Å². The molecule has 1 heteroatoms. The molecular formula is C22H30O. The Labute approximate surface area is 141 Å². The third-order valence-electron chi connectivity index (χ3n) is 4.60. The first kappa shape index (κ1) is 17.6. The summed E-state index contributed by atoms with van der Waals surface area (Å²) in [6.45, 7) is 4.53. The monoisotopic (exact) mass is 310 g/mol. The summed E-state index contributed by atoms with van der Waals surface area (Å²) in [7, 11) is 0. The zero-order valence-electron chi connectivity index (χ0n) is 14.6. The van der Waals surface area contributed by atoms with Gasteiger partial charge in [-0.3, -0.25) is 0 Å². The first-order valence-electron chi connectivity index (χ1n) is 9.05. The molecule has 0 bridgehead atoms. The van der Waals surface area contributed by atoms with Gasteiger partial charge in [0.2, 0.25) is 0 Å². The van der Waals surface area contributed by atoms with Gasteiger partial charge in [-0.1, -0.05) is 75.9 Å². The second-order valence-electron chi connectivity index (χ2n) is 6.68. The van der Waals surface area contributed by atoms with Crippen molar-refractivity contribution in [3.8, 4) is 5.75 Å². The van der Waals surface area contributed by atoms with Gasteiger partial charge in [0.25, 0.3) is 0 Å². The van der Waals surface area contributed by atoms with E-state index in [1.165, 1.54) is 55.2 Å². The highest BCUT2D eigenvalue weighted by Crippen LogP contribution is 2.22. The van der Waals surface area contributed by atoms with Crippen molar-refractivity contribution in [2.45, 2.75) is 64.7 Å². The Hall–Kier alpha value is -1.76. The SMILES string of the molecule is CCCCCCCc1ccc(C(C)Cc2ccc(O)cc2)cc1. The predicted octanol–water partition coefficient (Wildman–Crippen LogP) is 6.25. The van der Waals surface area contributed by atoms with Gasteiger partial charge in [-0.2, -0.15) is 0 Å². The Morgan fingerprint density at radius 3 is 2.04 bits per heavy atom. The number of phenols is 1. The zero-order chi connectivity index (χ0) is 16.5. The van der Waals surface area contributed by atoms with Crippen LogP contribution < -0.4 is 0 Å². The lowest BCUT2D eigenvalue weighted by molar-refractivity contribution is 0.475. The predicted molar refractivity (Wildman–Crippen MR) is 99.1 cm³/mol. The molecule has 1 unspecified atom stereocenters. The molecule has 0 amide bonds. The Kier molecular flexibility index (Phi) is 7.19. The maximum absolute atomic E-state index is 9.36. The molecule has 2 rings (SSSR count). The molecule has 1 N–H and O–H groups in total. The molecule has 0 aliphatic heterocycles. The summed E-state index contributed by atoms with van der Waals surface area (Å²) in [5, 5.41) is 9.36. The molecule has 1 atom stereocenters. The van der Waals surface area contributed by atoms with Gasteiger partial charge in [-0.25, -0.2) is 0 Å². The summed E-state index contributed by atoms with van der Waals surface area (Å²) in [6.07, 6.45) is 8.93. The summed E-state index contributed by atoms with van der Waals surface area (Å²) < 4.78 is 0. The number of benzene rings is 2. The number of aryl methyl sites for hydroxylation is 1. The van der Waals surface area contributed by atoms with E-state index < -0.39 is 0 Å². The van der Waals surface area contributed by atoms with E-state index in [2.05, 4.69) is 38.1 Å². The highest BCUT2D eigenvalue weighted by molar-refractivity contribution is 5.30. The van der Waals surface area contributed by atoms with E-state index in [4.69, 9.17) is 0 Å². The maximum atomic E-state index is 9.36. The minimum absolute atomic E-state index is 0.338. The van der Waals surface area contributed by atoms with Crippen LogP contribution in [-0.4, -0.2) is 5.11 Å². The molecule has 0 radical (unpaired) electrons. The van der Waals surface area contributed by atoms with E-state index in [1.54, 1.807) is 12.1 Å². The molecule has 0 saturated heterocycles. The minimum Gasteiger partial charge on any atom is -0.508 e. The molecule has 2 aromatic rings. The lowest BCUT2D eigenvalue weighted by atomic mass is 9.92.